The highest BCUT2D eigenvalue weighted by Gasteiger charge is 2.34. The third-order valence-corrected chi connectivity index (χ3v) is 8.01. The maximum absolute atomic E-state index is 13.9. The molecule has 2 aliphatic heterocycles. The molecule has 2 heterocycles. The number of benzene rings is 2. The number of rotatable bonds is 8. The number of anilines is 1. The predicted molar refractivity (Wildman–Crippen MR) is 152 cm³/mol. The van der Waals surface area contributed by atoms with Crippen LogP contribution in [0.1, 0.15) is 62.4 Å². The van der Waals surface area contributed by atoms with Gasteiger partial charge in [-0.05, 0) is 75.8 Å². The number of thioether (sulfide) groups is 1. The van der Waals surface area contributed by atoms with Gasteiger partial charge in [0.25, 0.3) is 5.91 Å². The summed E-state index contributed by atoms with van der Waals surface area (Å²) < 4.78 is 52.6. The number of Topliss-reactive ketones (excluding diaryl/α,β-unsaturated/α-hetero) is 1. The van der Waals surface area contributed by atoms with Gasteiger partial charge in [0.15, 0.2) is 5.78 Å². The molecule has 2 aromatic carbocycles. The monoisotopic (exact) mass is 608 g/mol. The number of carbonyl (C=O) groups excluding carboxylic acids is 3. The maximum Gasteiger partial charge on any atom is 0.573 e. The lowest BCUT2D eigenvalue weighted by molar-refractivity contribution is -0.274. The molecule has 1 saturated heterocycles. The Labute approximate surface area is 247 Å². The average Bonchev–Trinajstić information content (AvgIpc) is 3.03. The zero-order chi connectivity index (χ0) is 30.5. The van der Waals surface area contributed by atoms with Gasteiger partial charge in [-0.25, -0.2) is 4.79 Å². The third kappa shape index (κ3) is 9.12. The first-order valence-corrected chi connectivity index (χ1v) is 14.8. The lowest BCUT2D eigenvalue weighted by Gasteiger charge is -2.27. The summed E-state index contributed by atoms with van der Waals surface area (Å²) in [5.41, 5.74) is 0.717. The van der Waals surface area contributed by atoms with Crippen LogP contribution in [0.2, 0.25) is 0 Å². The highest BCUT2D eigenvalue weighted by molar-refractivity contribution is 7.99. The smallest absolute Gasteiger partial charge is 0.444 e. The van der Waals surface area contributed by atoms with Crippen LogP contribution >= 0.6 is 11.8 Å². The topological polar surface area (TPSA) is 94.2 Å². The number of halogens is 3. The SMILES string of the molecule is CC(C)(C)OC(=O)N[C@H]1CSc2ccc(C(=O)CCC3CCOCC3)cc2N(Cc2ccc(OC(F)(F)F)cc2)C1=O. The van der Waals surface area contributed by atoms with Gasteiger partial charge in [0.05, 0.1) is 12.2 Å². The molecule has 0 aliphatic carbocycles. The fraction of sp³-hybridized carbons (Fsp3) is 0.500. The minimum atomic E-state index is -4.83. The summed E-state index contributed by atoms with van der Waals surface area (Å²) in [6.45, 7) is 6.54. The normalized spacial score (nSPS) is 18.2. The number of amides is 2. The molecular formula is C30H35F3N2O6S. The van der Waals surface area contributed by atoms with E-state index in [1.165, 1.54) is 40.9 Å². The van der Waals surface area contributed by atoms with E-state index in [-0.39, 0.29) is 23.8 Å². The van der Waals surface area contributed by atoms with Crippen LogP contribution in [0, 0.1) is 5.92 Å². The van der Waals surface area contributed by atoms with Crippen molar-refractivity contribution in [1.82, 2.24) is 5.32 Å². The standard InChI is InChI=1S/C30H35F3N2O6S/c1-29(2,3)41-28(38)34-23-18-42-26-11-7-21(25(36)10-6-19-12-14-39-15-13-19)16-24(26)35(27(23)37)17-20-4-8-22(9-5-20)40-30(31,32)33/h4-5,7-9,11,16,19,23H,6,10,12-15,17-18H2,1-3H3,(H,34,38)/t23-/m0/s1. The Morgan fingerprint density at radius 1 is 1.07 bits per heavy atom. The van der Waals surface area contributed by atoms with Crippen molar-refractivity contribution in [1.29, 1.82) is 0 Å². The summed E-state index contributed by atoms with van der Waals surface area (Å²) in [5, 5.41) is 2.65. The summed E-state index contributed by atoms with van der Waals surface area (Å²) in [6.07, 6.45) is -2.60. The van der Waals surface area contributed by atoms with E-state index < -0.39 is 30.0 Å². The van der Waals surface area contributed by atoms with Gasteiger partial charge < -0.3 is 24.4 Å². The minimum absolute atomic E-state index is 0.00902. The molecule has 1 atom stereocenters. The molecule has 0 bridgehead atoms. The Bertz CT molecular complexity index is 1270. The average molecular weight is 609 g/mol. The van der Waals surface area contributed by atoms with E-state index >= 15 is 0 Å². The van der Waals surface area contributed by atoms with Crippen LogP contribution in [-0.2, 0) is 20.8 Å². The van der Waals surface area contributed by atoms with E-state index in [1.54, 1.807) is 39.0 Å². The second-order valence-corrected chi connectivity index (χ2v) is 12.4. The van der Waals surface area contributed by atoms with Gasteiger partial charge in [-0.1, -0.05) is 18.2 Å². The van der Waals surface area contributed by atoms with Crippen LogP contribution in [0.3, 0.4) is 0 Å². The van der Waals surface area contributed by atoms with Gasteiger partial charge >= 0.3 is 12.5 Å². The molecule has 0 spiro atoms. The van der Waals surface area contributed by atoms with Gasteiger partial charge in [-0.3, -0.25) is 9.59 Å². The van der Waals surface area contributed by atoms with Crippen molar-refractivity contribution in [3.63, 3.8) is 0 Å². The number of alkyl halides is 3. The Morgan fingerprint density at radius 2 is 1.76 bits per heavy atom. The Hall–Kier alpha value is -3.25. The molecule has 4 rings (SSSR count). The van der Waals surface area contributed by atoms with Crippen molar-refractivity contribution in [2.45, 2.75) is 75.9 Å². The van der Waals surface area contributed by atoms with E-state index in [0.29, 0.717) is 42.4 Å². The number of hydrogen-bond donors (Lipinski definition) is 1. The molecule has 0 radical (unpaired) electrons. The Kier molecular flexibility index (Phi) is 10.1. The van der Waals surface area contributed by atoms with Crippen molar-refractivity contribution in [3.8, 4) is 5.75 Å². The summed E-state index contributed by atoms with van der Waals surface area (Å²) in [6, 6.07) is 9.49. The first-order chi connectivity index (χ1) is 19.8. The number of nitrogens with one attached hydrogen (secondary N) is 1. The summed E-state index contributed by atoms with van der Waals surface area (Å²) in [7, 11) is 0. The second kappa shape index (κ2) is 13.4. The van der Waals surface area contributed by atoms with Gasteiger partial charge in [-0.2, -0.15) is 0 Å². The fourth-order valence-corrected chi connectivity index (χ4v) is 5.84. The number of alkyl carbamates (subject to hydrolysis) is 1. The number of carbonyl (C=O) groups is 3. The van der Waals surface area contributed by atoms with Crippen molar-refractivity contribution < 1.29 is 41.8 Å². The van der Waals surface area contributed by atoms with E-state index in [0.717, 1.165) is 24.2 Å². The first kappa shape index (κ1) is 31.7. The van der Waals surface area contributed by atoms with Gasteiger partial charge in [0.1, 0.15) is 17.4 Å². The van der Waals surface area contributed by atoms with Crippen LogP contribution in [0.5, 0.6) is 5.75 Å². The van der Waals surface area contributed by atoms with Crippen molar-refractivity contribution in [3.05, 3.63) is 53.6 Å². The number of ether oxygens (including phenoxy) is 3. The maximum atomic E-state index is 13.9. The minimum Gasteiger partial charge on any atom is -0.444 e. The molecule has 2 aliphatic rings. The van der Waals surface area contributed by atoms with Gasteiger partial charge in [0, 0.05) is 35.8 Å². The Morgan fingerprint density at radius 3 is 2.40 bits per heavy atom. The predicted octanol–water partition coefficient (Wildman–Crippen LogP) is 6.51. The molecule has 1 N–H and O–H groups in total. The third-order valence-electron chi connectivity index (χ3n) is 6.85. The van der Waals surface area contributed by atoms with Gasteiger partial charge in [-0.15, -0.1) is 24.9 Å². The molecule has 228 valence electrons. The number of nitrogens with zero attached hydrogens (tertiary/aromatic N) is 1. The Balaban J connectivity index is 1.59. The molecular weight excluding hydrogens is 573 g/mol. The van der Waals surface area contributed by atoms with E-state index in [9.17, 15) is 27.6 Å². The van der Waals surface area contributed by atoms with E-state index in [2.05, 4.69) is 10.1 Å². The van der Waals surface area contributed by atoms with Crippen LogP contribution in [0.15, 0.2) is 47.4 Å². The van der Waals surface area contributed by atoms with Gasteiger partial charge in [0.2, 0.25) is 0 Å². The van der Waals surface area contributed by atoms with E-state index in [4.69, 9.17) is 9.47 Å². The second-order valence-electron chi connectivity index (χ2n) is 11.3. The number of ketones is 1. The van der Waals surface area contributed by atoms with Crippen LogP contribution < -0.4 is 15.0 Å². The molecule has 0 unspecified atom stereocenters. The zero-order valence-electron chi connectivity index (χ0n) is 23.8. The summed E-state index contributed by atoms with van der Waals surface area (Å²) in [5.74, 6) is -0.207. The first-order valence-electron chi connectivity index (χ1n) is 13.8. The van der Waals surface area contributed by atoms with Crippen molar-refractivity contribution >= 4 is 35.2 Å². The van der Waals surface area contributed by atoms with E-state index in [1.807, 2.05) is 0 Å². The molecule has 8 nitrogen and oxygen atoms in total. The molecule has 0 aromatic heterocycles. The summed E-state index contributed by atoms with van der Waals surface area (Å²) in [4.78, 5) is 41.8. The van der Waals surface area contributed by atoms with Crippen molar-refractivity contribution in [2.24, 2.45) is 5.92 Å². The lowest BCUT2D eigenvalue weighted by atomic mass is 9.92. The molecule has 2 aromatic rings. The molecule has 42 heavy (non-hydrogen) atoms. The molecule has 12 heteroatoms. The largest absolute Gasteiger partial charge is 0.573 e. The highest BCUT2D eigenvalue weighted by atomic mass is 32.2. The van der Waals surface area contributed by atoms with Crippen LogP contribution in [-0.4, -0.2) is 54.8 Å². The van der Waals surface area contributed by atoms with Crippen molar-refractivity contribution in [2.75, 3.05) is 23.9 Å². The molecule has 1 fully saturated rings. The molecule has 2 amide bonds. The summed E-state index contributed by atoms with van der Waals surface area (Å²) >= 11 is 1.36. The highest BCUT2D eigenvalue weighted by Crippen LogP contribution is 2.37. The molecule has 0 saturated carbocycles. The van der Waals surface area contributed by atoms with Crippen LogP contribution in [0.4, 0.5) is 23.7 Å². The fourth-order valence-electron chi connectivity index (χ4n) is 4.79. The zero-order valence-corrected chi connectivity index (χ0v) is 24.6. The van der Waals surface area contributed by atoms with Crippen LogP contribution in [0.25, 0.3) is 0 Å². The number of hydrogen-bond acceptors (Lipinski definition) is 7. The lowest BCUT2D eigenvalue weighted by Crippen LogP contribution is -2.50. The number of fused-ring (bicyclic) bond motifs is 1. The quantitative estimate of drug-likeness (QED) is 0.342.